The molecule has 7 nitrogen and oxygen atoms in total. The topological polar surface area (TPSA) is 95.0 Å². The highest BCUT2D eigenvalue weighted by molar-refractivity contribution is 6.53. The van der Waals surface area contributed by atoms with Gasteiger partial charge in [-0.25, -0.2) is 0 Å². The van der Waals surface area contributed by atoms with Crippen molar-refractivity contribution in [2.45, 2.75) is 68.7 Å². The second kappa shape index (κ2) is 7.57. The van der Waals surface area contributed by atoms with Crippen molar-refractivity contribution < 1.29 is 24.3 Å². The Morgan fingerprint density at radius 2 is 1.56 bits per heavy atom. The van der Waals surface area contributed by atoms with Gasteiger partial charge in [0.25, 0.3) is 11.8 Å². The molecular weight excluding hydrogens is 503 g/mol. The van der Waals surface area contributed by atoms with E-state index in [0.29, 0.717) is 23.1 Å². The predicted molar refractivity (Wildman–Crippen MR) is 135 cm³/mol. The maximum Gasteiger partial charge on any atom is 0.253 e. The molecule has 0 aromatic heterocycles. The molecule has 1 aromatic rings. The van der Waals surface area contributed by atoms with Gasteiger partial charge >= 0.3 is 0 Å². The Bertz CT molecular complexity index is 1260. The van der Waals surface area contributed by atoms with Gasteiger partial charge in [-0.3, -0.25) is 29.0 Å². The number of benzene rings is 1. The highest BCUT2D eigenvalue weighted by atomic mass is 35.5. The highest BCUT2D eigenvalue weighted by Gasteiger charge is 2.76. The zero-order chi connectivity index (χ0) is 26.7. The van der Waals surface area contributed by atoms with Crippen LogP contribution in [0.5, 0.6) is 5.75 Å². The Hall–Kier alpha value is -2.38. The molecule has 3 fully saturated rings. The van der Waals surface area contributed by atoms with Crippen molar-refractivity contribution in [1.82, 2.24) is 9.80 Å². The molecule has 2 aliphatic heterocycles. The number of rotatable bonds is 1. The van der Waals surface area contributed by atoms with E-state index in [1.165, 1.54) is 11.9 Å². The molecule has 0 radical (unpaired) electrons. The van der Waals surface area contributed by atoms with Gasteiger partial charge in [-0.2, -0.15) is 0 Å². The first-order chi connectivity index (χ1) is 16.6. The van der Waals surface area contributed by atoms with E-state index in [0.717, 1.165) is 10.5 Å². The summed E-state index contributed by atoms with van der Waals surface area (Å²) in [5.74, 6) is -4.17. The van der Waals surface area contributed by atoms with Crippen LogP contribution in [0.3, 0.4) is 0 Å². The lowest BCUT2D eigenvalue weighted by molar-refractivity contribution is -0.146. The third-order valence-corrected chi connectivity index (χ3v) is 9.95. The van der Waals surface area contributed by atoms with Crippen LogP contribution in [0.2, 0.25) is 0 Å². The van der Waals surface area contributed by atoms with Crippen molar-refractivity contribution in [2.75, 3.05) is 7.05 Å². The van der Waals surface area contributed by atoms with E-state index >= 15 is 0 Å². The van der Waals surface area contributed by atoms with Crippen molar-refractivity contribution in [3.63, 3.8) is 0 Å². The number of aryl methyl sites for hydroxylation is 2. The minimum atomic E-state index is -1.82. The van der Waals surface area contributed by atoms with Crippen LogP contribution in [0.1, 0.15) is 56.2 Å². The fourth-order valence-electron chi connectivity index (χ4n) is 6.94. The summed E-state index contributed by atoms with van der Waals surface area (Å²) in [7, 11) is 1.37. The molecule has 5 rings (SSSR count). The summed E-state index contributed by atoms with van der Waals surface area (Å²) in [6, 6.07) is 3.51. The molecule has 0 spiro atoms. The number of phenols is 1. The van der Waals surface area contributed by atoms with Crippen LogP contribution in [0, 0.1) is 31.6 Å². The molecule has 6 atom stereocenters. The number of carbonyl (C=O) groups excluding carboxylic acids is 4. The third kappa shape index (κ3) is 2.93. The first-order valence-corrected chi connectivity index (χ1v) is 12.9. The lowest BCUT2D eigenvalue weighted by Gasteiger charge is -2.51. The molecule has 0 bridgehead atoms. The zero-order valence-corrected chi connectivity index (χ0v) is 22.7. The van der Waals surface area contributed by atoms with Crippen molar-refractivity contribution in [3.8, 4) is 5.75 Å². The number of amides is 4. The van der Waals surface area contributed by atoms with Gasteiger partial charge in [0.05, 0.1) is 11.8 Å². The molecule has 1 aromatic carbocycles. The van der Waals surface area contributed by atoms with Crippen LogP contribution in [0.25, 0.3) is 0 Å². The van der Waals surface area contributed by atoms with E-state index in [-0.39, 0.29) is 24.0 Å². The zero-order valence-electron chi connectivity index (χ0n) is 21.2. The van der Waals surface area contributed by atoms with E-state index in [9.17, 15) is 24.3 Å². The van der Waals surface area contributed by atoms with Gasteiger partial charge in [0.15, 0.2) is 9.75 Å². The summed E-state index contributed by atoms with van der Waals surface area (Å²) >= 11 is 14.3. The van der Waals surface area contributed by atoms with Crippen LogP contribution < -0.4 is 0 Å². The van der Waals surface area contributed by atoms with Crippen LogP contribution in [-0.4, -0.2) is 60.9 Å². The molecule has 2 aliphatic carbocycles. The predicted octanol–water partition coefficient (Wildman–Crippen LogP) is 3.80. The number of nitrogens with zero attached hydrogens (tertiary/aromatic N) is 2. The van der Waals surface area contributed by atoms with Crippen LogP contribution >= 0.6 is 23.2 Å². The van der Waals surface area contributed by atoms with Crippen molar-refractivity contribution >= 4 is 46.8 Å². The number of allylic oxidation sites excluding steroid dienone is 2. The van der Waals surface area contributed by atoms with E-state index < -0.39 is 50.8 Å². The van der Waals surface area contributed by atoms with Gasteiger partial charge < -0.3 is 5.11 Å². The van der Waals surface area contributed by atoms with E-state index in [1.807, 2.05) is 26.8 Å². The van der Waals surface area contributed by atoms with Crippen LogP contribution in [-0.2, 0) is 19.2 Å². The highest BCUT2D eigenvalue weighted by Crippen LogP contribution is 2.65. The molecule has 2 saturated heterocycles. The standard InChI is InChI=1S/C27H30Cl2N2O5/c1-12-9-14(10-13(2)20(12)32)19-15-7-8-16-18(22(34)31(21(16)33)25(3,4)5)17(15)11-26(28)23(35)30(6)24(36)27(19,26)29/h7,9-10,16-19,32H,8,11H2,1-6H3/t16-,17+,18-,19-,26+,27-/m0/s1. The Labute approximate surface area is 220 Å². The van der Waals surface area contributed by atoms with E-state index in [4.69, 9.17) is 23.2 Å². The number of aromatic hydroxyl groups is 1. The quantitative estimate of drug-likeness (QED) is 0.337. The summed E-state index contributed by atoms with van der Waals surface area (Å²) in [6.45, 7) is 8.96. The summed E-state index contributed by atoms with van der Waals surface area (Å²) in [4.78, 5) is 52.8. The van der Waals surface area contributed by atoms with Gasteiger partial charge in [-0.1, -0.05) is 23.8 Å². The molecule has 1 saturated carbocycles. The maximum atomic E-state index is 13.7. The van der Waals surface area contributed by atoms with Gasteiger partial charge in [0.2, 0.25) is 11.8 Å². The molecular formula is C27H30Cl2N2O5. The van der Waals surface area contributed by atoms with Crippen molar-refractivity contribution in [1.29, 1.82) is 0 Å². The van der Waals surface area contributed by atoms with Gasteiger partial charge in [0.1, 0.15) is 5.75 Å². The first kappa shape index (κ1) is 25.3. The van der Waals surface area contributed by atoms with Crippen LogP contribution in [0.4, 0.5) is 0 Å². The van der Waals surface area contributed by atoms with Gasteiger partial charge in [-0.15, -0.1) is 23.2 Å². The van der Waals surface area contributed by atoms with Gasteiger partial charge in [-0.05, 0) is 70.1 Å². The van der Waals surface area contributed by atoms with Gasteiger partial charge in [0, 0.05) is 18.5 Å². The second-order valence-corrected chi connectivity index (χ2v) is 12.9. The lowest BCUT2D eigenvalue weighted by Crippen LogP contribution is -2.60. The first-order valence-electron chi connectivity index (χ1n) is 12.2. The number of imide groups is 2. The SMILES string of the molecule is Cc1cc([C@H]2C3=CC[C@@H]4C(=O)N(C(C)(C)C)C(=O)[C@@H]4[C@@H]3C[C@@]3(Cl)C(=O)N(C)C(=O)[C@@]23Cl)cc(C)c1O. The second-order valence-electron chi connectivity index (χ2n) is 11.7. The summed E-state index contributed by atoms with van der Waals surface area (Å²) in [5, 5.41) is 10.4. The van der Waals surface area contributed by atoms with E-state index in [2.05, 4.69) is 0 Å². The number of halogens is 2. The number of likely N-dealkylation sites (tertiary alicyclic amines) is 2. The molecule has 2 heterocycles. The molecule has 192 valence electrons. The molecule has 1 N–H and O–H groups in total. The number of alkyl halides is 2. The normalized spacial score (nSPS) is 36.2. The largest absolute Gasteiger partial charge is 0.507 e. The van der Waals surface area contributed by atoms with Crippen LogP contribution in [0.15, 0.2) is 23.8 Å². The fraction of sp³-hybridized carbons (Fsp3) is 0.556. The maximum absolute atomic E-state index is 13.7. The van der Waals surface area contributed by atoms with Crippen molar-refractivity contribution in [3.05, 3.63) is 40.5 Å². The molecule has 9 heteroatoms. The summed E-state index contributed by atoms with van der Waals surface area (Å²) in [5.41, 5.74) is 1.88. The fourth-order valence-corrected chi connectivity index (χ4v) is 7.95. The molecule has 0 unspecified atom stereocenters. The Balaban J connectivity index is 1.75. The molecule has 4 amide bonds. The minimum absolute atomic E-state index is 0.0243. The minimum Gasteiger partial charge on any atom is -0.507 e. The smallest absolute Gasteiger partial charge is 0.253 e. The Kier molecular flexibility index (Phi) is 5.32. The molecule has 36 heavy (non-hydrogen) atoms. The monoisotopic (exact) mass is 532 g/mol. The number of carbonyl (C=O) groups is 4. The third-order valence-electron chi connectivity index (χ3n) is 8.53. The number of phenolic OH excluding ortho intramolecular Hbond substituents is 1. The molecule has 4 aliphatic rings. The van der Waals surface area contributed by atoms with E-state index in [1.54, 1.807) is 26.0 Å². The summed E-state index contributed by atoms with van der Waals surface area (Å²) in [6.07, 6.45) is 2.23. The average Bonchev–Trinajstić information content (AvgIpc) is 3.12. The number of hydrogen-bond acceptors (Lipinski definition) is 5. The van der Waals surface area contributed by atoms with Crippen molar-refractivity contribution in [2.24, 2.45) is 17.8 Å². The number of hydrogen-bond donors (Lipinski definition) is 1. The summed E-state index contributed by atoms with van der Waals surface area (Å²) < 4.78 is 0. The number of fused-ring (bicyclic) bond motifs is 4. The lowest BCUT2D eigenvalue weighted by atomic mass is 9.56. The Morgan fingerprint density at radius 1 is 0.972 bits per heavy atom. The Morgan fingerprint density at radius 3 is 2.11 bits per heavy atom. The average molecular weight is 533 g/mol.